The fraction of sp³-hybridized carbons (Fsp3) is 0.588. The summed E-state index contributed by atoms with van der Waals surface area (Å²) in [4.78, 5) is 14.1. The second-order valence-electron chi connectivity index (χ2n) is 5.69. The van der Waals surface area contributed by atoms with Crippen LogP contribution in [0.2, 0.25) is 0 Å². The highest BCUT2D eigenvalue weighted by molar-refractivity contribution is 5.77. The van der Waals surface area contributed by atoms with Gasteiger partial charge < -0.3 is 20.1 Å². The first kappa shape index (κ1) is 17.9. The summed E-state index contributed by atoms with van der Waals surface area (Å²) >= 11 is 0. The lowest BCUT2D eigenvalue weighted by Crippen LogP contribution is -2.48. The summed E-state index contributed by atoms with van der Waals surface area (Å²) in [6, 6.07) is 10.4. The molecule has 0 spiro atoms. The predicted octanol–water partition coefficient (Wildman–Crippen LogP) is 0.240. The van der Waals surface area contributed by atoms with Crippen LogP contribution in [0.5, 0.6) is 0 Å². The molecule has 2 N–H and O–H groups in total. The lowest BCUT2D eigenvalue weighted by Gasteiger charge is -2.33. The Kier molecular flexibility index (Phi) is 8.03. The molecule has 1 atom stereocenters. The molecule has 6 nitrogen and oxygen atoms in total. The van der Waals surface area contributed by atoms with Crippen molar-refractivity contribution in [3.63, 3.8) is 0 Å². The van der Waals surface area contributed by atoms with Gasteiger partial charge in [0.1, 0.15) is 0 Å². The fourth-order valence-electron chi connectivity index (χ4n) is 2.56. The summed E-state index contributed by atoms with van der Waals surface area (Å²) in [7, 11) is 1.64. The molecule has 1 aromatic carbocycles. The van der Waals surface area contributed by atoms with E-state index in [9.17, 15) is 4.79 Å². The number of carbonyl (C=O) groups excluding carboxylic acids is 1. The maximum absolute atomic E-state index is 11.7. The molecule has 1 saturated heterocycles. The zero-order valence-electron chi connectivity index (χ0n) is 13.8. The highest BCUT2D eigenvalue weighted by Crippen LogP contribution is 2.09. The minimum absolute atomic E-state index is 0.00936. The van der Waals surface area contributed by atoms with E-state index in [2.05, 4.69) is 39.8 Å². The highest BCUT2D eigenvalue weighted by atomic mass is 16.5. The number of carbonyl (C=O) groups is 1. The van der Waals surface area contributed by atoms with E-state index in [0.717, 1.165) is 19.6 Å². The Morgan fingerprint density at radius 1 is 1.39 bits per heavy atom. The Hall–Kier alpha value is -1.47. The molecular weight excluding hydrogens is 294 g/mol. The maximum Gasteiger partial charge on any atom is 0.234 e. The maximum atomic E-state index is 11.7. The standard InChI is InChI=1S/C17H27N3O3/c1-22-9-7-18-12-17(21)19-11-16-14-20(8-10-23-16)13-15-5-3-2-4-6-15/h2-6,16,18H,7-14H2,1H3,(H,19,21). The Balaban J connectivity index is 1.64. The molecule has 128 valence electrons. The third-order valence-electron chi connectivity index (χ3n) is 3.77. The molecule has 1 aliphatic heterocycles. The van der Waals surface area contributed by atoms with Gasteiger partial charge in [0.15, 0.2) is 0 Å². The summed E-state index contributed by atoms with van der Waals surface area (Å²) in [5, 5.41) is 5.95. The number of ether oxygens (including phenoxy) is 2. The van der Waals surface area contributed by atoms with Crippen molar-refractivity contribution in [1.29, 1.82) is 0 Å². The number of hydrogen-bond donors (Lipinski definition) is 2. The third kappa shape index (κ3) is 7.09. The van der Waals surface area contributed by atoms with Gasteiger partial charge in [0, 0.05) is 39.8 Å². The van der Waals surface area contributed by atoms with Crippen molar-refractivity contribution in [1.82, 2.24) is 15.5 Å². The van der Waals surface area contributed by atoms with Crippen LogP contribution in [-0.4, -0.2) is 70.0 Å². The van der Waals surface area contributed by atoms with Crippen LogP contribution in [0.4, 0.5) is 0 Å². The van der Waals surface area contributed by atoms with Gasteiger partial charge in [0.05, 0.1) is 25.9 Å². The monoisotopic (exact) mass is 321 g/mol. The van der Waals surface area contributed by atoms with Crippen LogP contribution in [0.15, 0.2) is 30.3 Å². The van der Waals surface area contributed by atoms with Gasteiger partial charge in [-0.05, 0) is 5.56 Å². The summed E-state index contributed by atoms with van der Waals surface area (Å²) < 4.78 is 10.7. The van der Waals surface area contributed by atoms with E-state index in [4.69, 9.17) is 9.47 Å². The molecule has 0 radical (unpaired) electrons. The average molecular weight is 321 g/mol. The van der Waals surface area contributed by atoms with Gasteiger partial charge in [-0.1, -0.05) is 30.3 Å². The van der Waals surface area contributed by atoms with Gasteiger partial charge >= 0.3 is 0 Å². The normalized spacial score (nSPS) is 18.7. The Morgan fingerprint density at radius 3 is 3.00 bits per heavy atom. The van der Waals surface area contributed by atoms with E-state index in [1.165, 1.54) is 5.56 Å². The highest BCUT2D eigenvalue weighted by Gasteiger charge is 2.20. The Morgan fingerprint density at radius 2 is 2.22 bits per heavy atom. The molecule has 1 aliphatic rings. The summed E-state index contributed by atoms with van der Waals surface area (Å²) in [5.74, 6) is -0.00936. The van der Waals surface area contributed by atoms with E-state index in [-0.39, 0.29) is 12.0 Å². The molecule has 1 fully saturated rings. The first-order valence-electron chi connectivity index (χ1n) is 8.12. The first-order chi connectivity index (χ1) is 11.3. The second kappa shape index (κ2) is 10.3. The van der Waals surface area contributed by atoms with Gasteiger partial charge in [-0.3, -0.25) is 9.69 Å². The van der Waals surface area contributed by atoms with Crippen molar-refractivity contribution in [2.24, 2.45) is 0 Å². The minimum Gasteiger partial charge on any atom is -0.383 e. The molecule has 6 heteroatoms. The molecular formula is C17H27N3O3. The molecule has 23 heavy (non-hydrogen) atoms. The van der Waals surface area contributed by atoms with Crippen LogP contribution in [0, 0.1) is 0 Å². The number of amides is 1. The third-order valence-corrected chi connectivity index (χ3v) is 3.77. The lowest BCUT2D eigenvalue weighted by molar-refractivity contribution is -0.121. The lowest BCUT2D eigenvalue weighted by atomic mass is 10.2. The SMILES string of the molecule is COCCNCC(=O)NCC1CN(Cc2ccccc2)CCO1. The number of morpholine rings is 1. The van der Waals surface area contributed by atoms with Gasteiger partial charge in [0.25, 0.3) is 0 Å². The molecule has 1 amide bonds. The number of rotatable bonds is 9. The van der Waals surface area contributed by atoms with E-state index >= 15 is 0 Å². The van der Waals surface area contributed by atoms with Gasteiger partial charge in [-0.2, -0.15) is 0 Å². The van der Waals surface area contributed by atoms with Gasteiger partial charge in [0.2, 0.25) is 5.91 Å². The zero-order valence-corrected chi connectivity index (χ0v) is 13.8. The number of methoxy groups -OCH3 is 1. The van der Waals surface area contributed by atoms with E-state index < -0.39 is 0 Å². The average Bonchev–Trinajstić information content (AvgIpc) is 2.58. The molecule has 0 bridgehead atoms. The van der Waals surface area contributed by atoms with Crippen LogP contribution in [-0.2, 0) is 20.8 Å². The van der Waals surface area contributed by atoms with Crippen molar-refractivity contribution in [2.45, 2.75) is 12.6 Å². The summed E-state index contributed by atoms with van der Waals surface area (Å²) in [6.07, 6.45) is 0.0513. The van der Waals surface area contributed by atoms with Crippen LogP contribution < -0.4 is 10.6 Å². The van der Waals surface area contributed by atoms with Gasteiger partial charge in [-0.25, -0.2) is 0 Å². The number of nitrogens with zero attached hydrogens (tertiary/aromatic N) is 1. The van der Waals surface area contributed by atoms with Crippen molar-refractivity contribution in [3.05, 3.63) is 35.9 Å². The zero-order chi connectivity index (χ0) is 16.3. The molecule has 0 aromatic heterocycles. The van der Waals surface area contributed by atoms with Crippen molar-refractivity contribution in [3.8, 4) is 0 Å². The molecule has 0 aliphatic carbocycles. The van der Waals surface area contributed by atoms with Crippen molar-refractivity contribution in [2.75, 3.05) is 53.0 Å². The summed E-state index contributed by atoms with van der Waals surface area (Å²) in [6.45, 7) is 5.54. The quantitative estimate of drug-likeness (QED) is 0.638. The Bertz CT molecular complexity index is 456. The topological polar surface area (TPSA) is 62.8 Å². The van der Waals surface area contributed by atoms with Crippen molar-refractivity contribution < 1.29 is 14.3 Å². The van der Waals surface area contributed by atoms with Gasteiger partial charge in [-0.15, -0.1) is 0 Å². The molecule has 1 unspecified atom stereocenters. The van der Waals surface area contributed by atoms with Crippen LogP contribution in [0.25, 0.3) is 0 Å². The number of benzene rings is 1. The van der Waals surface area contributed by atoms with Crippen LogP contribution in [0.1, 0.15) is 5.56 Å². The smallest absolute Gasteiger partial charge is 0.234 e. The van der Waals surface area contributed by atoms with Crippen molar-refractivity contribution >= 4 is 5.91 Å². The van der Waals surface area contributed by atoms with E-state index in [0.29, 0.717) is 32.8 Å². The minimum atomic E-state index is -0.00936. The van der Waals surface area contributed by atoms with Crippen LogP contribution in [0.3, 0.4) is 0 Å². The number of nitrogens with one attached hydrogen (secondary N) is 2. The molecule has 1 aromatic rings. The van der Waals surface area contributed by atoms with Crippen LogP contribution >= 0.6 is 0 Å². The first-order valence-corrected chi connectivity index (χ1v) is 8.12. The largest absolute Gasteiger partial charge is 0.383 e. The van der Waals surface area contributed by atoms with E-state index in [1.54, 1.807) is 7.11 Å². The molecule has 1 heterocycles. The molecule has 2 rings (SSSR count). The Labute approximate surface area is 138 Å². The summed E-state index contributed by atoms with van der Waals surface area (Å²) in [5.41, 5.74) is 1.31. The number of hydrogen-bond acceptors (Lipinski definition) is 5. The van der Waals surface area contributed by atoms with E-state index in [1.807, 2.05) is 6.07 Å². The second-order valence-corrected chi connectivity index (χ2v) is 5.69. The molecule has 0 saturated carbocycles. The predicted molar refractivity (Wildman–Crippen MR) is 89.2 cm³/mol. The fourth-order valence-corrected chi connectivity index (χ4v) is 2.56.